The zero-order chi connectivity index (χ0) is 22.7. The Balaban J connectivity index is 1.19. The molecule has 1 aliphatic carbocycles. The Hall–Kier alpha value is -2.11. The molecular formula is C21H31N3O7S. The molecule has 0 atom stereocenters. The lowest BCUT2D eigenvalue weighted by atomic mass is 9.91. The number of ether oxygens (including phenoxy) is 2. The van der Waals surface area contributed by atoms with Crippen molar-refractivity contribution in [1.82, 2.24) is 9.88 Å². The van der Waals surface area contributed by atoms with Crippen LogP contribution in [0.5, 0.6) is 5.88 Å². The number of carbonyl (C=O) groups is 1. The van der Waals surface area contributed by atoms with Crippen molar-refractivity contribution >= 4 is 21.9 Å². The molecule has 2 aliphatic heterocycles. The number of aromatic nitrogens is 1. The molecule has 1 N–H and O–H groups in total. The standard InChI is InChI=1S/C21H31N3O7S/c1-32(27,28)31-17-5-8-23(9-6-17)15-2-7-22-20(12-15)30-19-13-18(14-19)29-16-3-10-24(11-4-16)21(25)26/h2,7,12,16-19H,3-6,8-11,13-14H2,1H3,(H,25,26)/t18-,19-. The Bertz CT molecular complexity index is 890. The Morgan fingerprint density at radius 1 is 1.03 bits per heavy atom. The van der Waals surface area contributed by atoms with E-state index >= 15 is 0 Å². The summed E-state index contributed by atoms with van der Waals surface area (Å²) in [5.74, 6) is 0.579. The second kappa shape index (κ2) is 9.80. The third-order valence-electron chi connectivity index (χ3n) is 6.27. The van der Waals surface area contributed by atoms with E-state index in [1.165, 1.54) is 4.90 Å². The Morgan fingerprint density at radius 2 is 1.69 bits per heavy atom. The van der Waals surface area contributed by atoms with Crippen LogP contribution in [0.4, 0.5) is 10.5 Å². The highest BCUT2D eigenvalue weighted by Crippen LogP contribution is 2.32. The van der Waals surface area contributed by atoms with E-state index < -0.39 is 16.2 Å². The van der Waals surface area contributed by atoms with E-state index in [2.05, 4.69) is 9.88 Å². The van der Waals surface area contributed by atoms with Crippen molar-refractivity contribution in [2.75, 3.05) is 37.3 Å². The molecule has 3 heterocycles. The summed E-state index contributed by atoms with van der Waals surface area (Å²) in [6.45, 7) is 2.48. The molecule has 1 saturated carbocycles. The molecule has 1 aromatic heterocycles. The van der Waals surface area contributed by atoms with Gasteiger partial charge in [-0.2, -0.15) is 8.42 Å². The van der Waals surface area contributed by atoms with Crippen LogP contribution >= 0.6 is 0 Å². The molecule has 0 aromatic carbocycles. The molecule has 3 fully saturated rings. The van der Waals surface area contributed by atoms with E-state index in [0.717, 1.165) is 37.6 Å². The highest BCUT2D eigenvalue weighted by atomic mass is 32.2. The van der Waals surface area contributed by atoms with Crippen LogP contribution in [-0.2, 0) is 19.0 Å². The molecule has 2 saturated heterocycles. The minimum atomic E-state index is -3.43. The fourth-order valence-electron chi connectivity index (χ4n) is 4.47. The van der Waals surface area contributed by atoms with Crippen LogP contribution in [0, 0.1) is 0 Å². The Morgan fingerprint density at radius 3 is 2.31 bits per heavy atom. The van der Waals surface area contributed by atoms with Crippen LogP contribution in [0.3, 0.4) is 0 Å². The van der Waals surface area contributed by atoms with Crippen molar-refractivity contribution in [3.05, 3.63) is 18.3 Å². The van der Waals surface area contributed by atoms with E-state index in [0.29, 0.717) is 44.9 Å². The number of anilines is 1. The number of amides is 1. The van der Waals surface area contributed by atoms with Gasteiger partial charge in [-0.1, -0.05) is 0 Å². The van der Waals surface area contributed by atoms with E-state index in [4.69, 9.17) is 18.8 Å². The van der Waals surface area contributed by atoms with Gasteiger partial charge in [-0.15, -0.1) is 0 Å². The summed E-state index contributed by atoms with van der Waals surface area (Å²) in [6, 6.07) is 3.86. The van der Waals surface area contributed by atoms with Gasteiger partial charge in [0, 0.05) is 57.0 Å². The van der Waals surface area contributed by atoms with Crippen LogP contribution in [0.25, 0.3) is 0 Å². The molecule has 4 rings (SSSR count). The number of piperidine rings is 2. The molecule has 0 bridgehead atoms. The fourth-order valence-corrected chi connectivity index (χ4v) is 5.16. The summed E-state index contributed by atoms with van der Waals surface area (Å²) in [6.07, 6.45) is 6.42. The quantitative estimate of drug-likeness (QED) is 0.599. The SMILES string of the molecule is CS(=O)(=O)OC1CCN(c2ccnc(O[C@H]3C[C@H](OC4CCN(C(=O)O)CC4)C3)c2)CC1. The molecule has 178 valence electrons. The van der Waals surface area contributed by atoms with Crippen LogP contribution in [-0.4, -0.2) is 86.4 Å². The normalized spacial score (nSPS) is 25.4. The molecule has 32 heavy (non-hydrogen) atoms. The number of rotatable bonds is 7. The second-order valence-corrected chi connectivity index (χ2v) is 10.4. The van der Waals surface area contributed by atoms with Crippen molar-refractivity contribution in [3.8, 4) is 5.88 Å². The van der Waals surface area contributed by atoms with E-state index in [1.807, 2.05) is 12.1 Å². The molecular weight excluding hydrogens is 438 g/mol. The van der Waals surface area contributed by atoms with Gasteiger partial charge in [0.05, 0.1) is 24.6 Å². The zero-order valence-corrected chi connectivity index (χ0v) is 19.1. The summed E-state index contributed by atoms with van der Waals surface area (Å²) in [7, 11) is -3.43. The molecule has 1 amide bonds. The van der Waals surface area contributed by atoms with E-state index in [-0.39, 0.29) is 24.4 Å². The zero-order valence-electron chi connectivity index (χ0n) is 18.3. The summed E-state index contributed by atoms with van der Waals surface area (Å²) in [5.41, 5.74) is 1.00. The number of hydrogen-bond acceptors (Lipinski definition) is 8. The lowest BCUT2D eigenvalue weighted by Gasteiger charge is -2.39. The highest BCUT2D eigenvalue weighted by Gasteiger charge is 2.35. The molecule has 0 radical (unpaired) electrons. The summed E-state index contributed by atoms with van der Waals surface area (Å²) in [5, 5.41) is 9.03. The number of nitrogens with zero attached hydrogens (tertiary/aromatic N) is 3. The van der Waals surface area contributed by atoms with Gasteiger partial charge in [0.1, 0.15) is 6.10 Å². The average molecular weight is 470 g/mol. The molecule has 0 unspecified atom stereocenters. The molecule has 10 nitrogen and oxygen atoms in total. The molecule has 1 aromatic rings. The summed E-state index contributed by atoms with van der Waals surface area (Å²) >= 11 is 0. The minimum absolute atomic E-state index is 0.0655. The first-order chi connectivity index (χ1) is 15.2. The smallest absolute Gasteiger partial charge is 0.407 e. The van der Waals surface area contributed by atoms with Crippen LogP contribution in [0.15, 0.2) is 18.3 Å². The number of pyridine rings is 1. The van der Waals surface area contributed by atoms with Gasteiger partial charge >= 0.3 is 6.09 Å². The minimum Gasteiger partial charge on any atom is -0.474 e. The highest BCUT2D eigenvalue weighted by molar-refractivity contribution is 7.86. The second-order valence-electron chi connectivity index (χ2n) is 8.78. The van der Waals surface area contributed by atoms with Gasteiger partial charge in [0.2, 0.25) is 5.88 Å². The maximum absolute atomic E-state index is 11.3. The fraction of sp³-hybridized carbons (Fsp3) is 0.714. The van der Waals surface area contributed by atoms with Gasteiger partial charge in [-0.3, -0.25) is 4.18 Å². The third kappa shape index (κ3) is 6.23. The van der Waals surface area contributed by atoms with Crippen LogP contribution in [0.2, 0.25) is 0 Å². The van der Waals surface area contributed by atoms with E-state index in [1.54, 1.807) is 6.20 Å². The van der Waals surface area contributed by atoms with Crippen molar-refractivity contribution in [1.29, 1.82) is 0 Å². The topological polar surface area (TPSA) is 119 Å². The van der Waals surface area contributed by atoms with Crippen molar-refractivity contribution in [2.45, 2.75) is 62.9 Å². The van der Waals surface area contributed by atoms with Crippen LogP contribution < -0.4 is 9.64 Å². The maximum Gasteiger partial charge on any atom is 0.407 e. The number of hydrogen-bond donors (Lipinski definition) is 1. The number of likely N-dealkylation sites (tertiary alicyclic amines) is 1. The molecule has 3 aliphatic rings. The average Bonchev–Trinajstić information content (AvgIpc) is 2.72. The monoisotopic (exact) mass is 469 g/mol. The Kier molecular flexibility index (Phi) is 7.06. The largest absolute Gasteiger partial charge is 0.474 e. The van der Waals surface area contributed by atoms with Gasteiger partial charge in [0.15, 0.2) is 0 Å². The first-order valence-corrected chi connectivity index (χ1v) is 13.0. The summed E-state index contributed by atoms with van der Waals surface area (Å²) in [4.78, 5) is 18.9. The molecule has 0 spiro atoms. The van der Waals surface area contributed by atoms with Crippen molar-refractivity contribution in [3.63, 3.8) is 0 Å². The van der Waals surface area contributed by atoms with Crippen molar-refractivity contribution in [2.24, 2.45) is 0 Å². The first kappa shape index (κ1) is 23.1. The molecule has 11 heteroatoms. The lowest BCUT2D eigenvalue weighted by molar-refractivity contribution is -0.109. The first-order valence-electron chi connectivity index (χ1n) is 11.1. The predicted molar refractivity (Wildman–Crippen MR) is 117 cm³/mol. The van der Waals surface area contributed by atoms with Gasteiger partial charge in [-0.05, 0) is 31.7 Å². The third-order valence-corrected chi connectivity index (χ3v) is 6.89. The van der Waals surface area contributed by atoms with E-state index in [9.17, 15) is 13.2 Å². The summed E-state index contributed by atoms with van der Waals surface area (Å²) < 4.78 is 39.9. The van der Waals surface area contributed by atoms with Crippen LogP contribution in [0.1, 0.15) is 38.5 Å². The van der Waals surface area contributed by atoms with Gasteiger partial charge < -0.3 is 24.4 Å². The Labute approximate surface area is 188 Å². The lowest BCUT2D eigenvalue weighted by Crippen LogP contribution is -2.45. The van der Waals surface area contributed by atoms with Gasteiger partial charge in [0.25, 0.3) is 10.1 Å². The van der Waals surface area contributed by atoms with Crippen molar-refractivity contribution < 1.29 is 32.0 Å². The van der Waals surface area contributed by atoms with Gasteiger partial charge in [-0.25, -0.2) is 9.78 Å². The maximum atomic E-state index is 11.3. The number of carboxylic acid groups (broad SMARTS) is 1. The predicted octanol–water partition coefficient (Wildman–Crippen LogP) is 2.10.